The fraction of sp³-hybridized carbons (Fsp3) is 0.423. The van der Waals surface area contributed by atoms with E-state index in [1.807, 2.05) is 24.3 Å². The zero-order chi connectivity index (χ0) is 26.8. The Bertz CT molecular complexity index is 1440. The van der Waals surface area contributed by atoms with Gasteiger partial charge < -0.3 is 29.8 Å². The number of nitrogens with zero attached hydrogens (tertiary/aromatic N) is 8. The number of carboxylic acid groups (broad SMARTS) is 1. The molecular weight excluding hydrogens is 538 g/mol. The summed E-state index contributed by atoms with van der Waals surface area (Å²) in [6.07, 6.45) is 3.77. The Morgan fingerprint density at radius 2 is 1.88 bits per heavy atom. The number of hydrogen-bond acceptors (Lipinski definition) is 11. The molecule has 0 radical (unpaired) electrons. The van der Waals surface area contributed by atoms with Gasteiger partial charge in [0.2, 0.25) is 17.7 Å². The molecule has 0 aliphatic carbocycles. The van der Waals surface area contributed by atoms with Crippen LogP contribution in [-0.2, 0) is 4.79 Å². The molecule has 3 N–H and O–H groups in total. The zero-order valence-electron chi connectivity index (χ0n) is 21.9. The highest BCUT2D eigenvalue weighted by Crippen LogP contribution is 2.29. The Morgan fingerprint density at radius 3 is 2.65 bits per heavy atom. The van der Waals surface area contributed by atoms with Gasteiger partial charge in [0.25, 0.3) is 5.78 Å². The molecule has 2 aliphatic rings. The van der Waals surface area contributed by atoms with Crippen molar-refractivity contribution in [1.82, 2.24) is 29.5 Å². The average molecular weight is 570 g/mol. The van der Waals surface area contributed by atoms with Gasteiger partial charge in [-0.05, 0) is 43.0 Å². The normalized spacial score (nSPS) is 18.1. The summed E-state index contributed by atoms with van der Waals surface area (Å²) in [5.74, 6) is 2.29. The highest BCUT2D eigenvalue weighted by Gasteiger charge is 2.27. The van der Waals surface area contributed by atoms with Crippen molar-refractivity contribution in [2.45, 2.75) is 12.8 Å². The first kappa shape index (κ1) is 27.5. The van der Waals surface area contributed by atoms with Gasteiger partial charge in [-0.3, -0.25) is 4.90 Å². The number of piperazine rings is 1. The fourth-order valence-electron chi connectivity index (χ4n) is 5.36. The summed E-state index contributed by atoms with van der Waals surface area (Å²) in [4.78, 5) is 31.6. The van der Waals surface area contributed by atoms with E-state index in [0.29, 0.717) is 35.0 Å². The van der Waals surface area contributed by atoms with E-state index in [4.69, 9.17) is 20.0 Å². The maximum atomic E-state index is 11.0. The van der Waals surface area contributed by atoms with Gasteiger partial charge >= 0.3 is 5.97 Å². The largest absolute Gasteiger partial charge is 0.480 e. The third-order valence-electron chi connectivity index (χ3n) is 7.21. The van der Waals surface area contributed by atoms with Crippen molar-refractivity contribution in [1.29, 1.82) is 0 Å². The molecule has 212 valence electrons. The summed E-state index contributed by atoms with van der Waals surface area (Å²) < 4.78 is 12.4. The Hall–Kier alpha value is -4.10. The molecule has 40 heavy (non-hydrogen) atoms. The number of furan rings is 1. The number of carboxylic acids is 1. The van der Waals surface area contributed by atoms with Gasteiger partial charge in [0.15, 0.2) is 12.4 Å². The minimum Gasteiger partial charge on any atom is -0.480 e. The quantitative estimate of drug-likeness (QED) is 0.320. The molecule has 3 aromatic heterocycles. The van der Waals surface area contributed by atoms with Gasteiger partial charge in [-0.15, -0.1) is 17.5 Å². The van der Waals surface area contributed by atoms with E-state index in [9.17, 15) is 4.79 Å². The van der Waals surface area contributed by atoms with Crippen molar-refractivity contribution in [3.05, 3.63) is 42.7 Å². The molecule has 0 bridgehead atoms. The van der Waals surface area contributed by atoms with Gasteiger partial charge in [-0.2, -0.15) is 19.5 Å². The highest BCUT2D eigenvalue weighted by atomic mass is 35.5. The van der Waals surface area contributed by atoms with Crippen LogP contribution in [0.25, 0.3) is 17.4 Å². The molecule has 1 atom stereocenters. The van der Waals surface area contributed by atoms with Crippen LogP contribution in [-0.4, -0.2) is 93.0 Å². The van der Waals surface area contributed by atoms with Crippen molar-refractivity contribution >= 4 is 41.7 Å². The SMILES string of the molecule is Cl.Nc1nc(N2CCC[C@@H](CN3CCN(c4ccccc4OCC(=O)O)CC3)C2)nc2nc(-c3ccco3)nn12. The van der Waals surface area contributed by atoms with Crippen LogP contribution < -0.4 is 20.3 Å². The van der Waals surface area contributed by atoms with E-state index in [0.717, 1.165) is 64.3 Å². The number of aromatic nitrogens is 5. The van der Waals surface area contributed by atoms with Crippen LogP contribution in [0, 0.1) is 5.92 Å². The summed E-state index contributed by atoms with van der Waals surface area (Å²) in [7, 11) is 0. The number of piperidine rings is 1. The number of halogens is 1. The average Bonchev–Trinajstić information content (AvgIpc) is 3.63. The lowest BCUT2D eigenvalue weighted by molar-refractivity contribution is -0.139. The molecule has 14 heteroatoms. The minimum absolute atomic E-state index is 0. The number of nitrogen functional groups attached to an aromatic ring is 1. The molecule has 6 rings (SSSR count). The van der Waals surface area contributed by atoms with Crippen LogP contribution in [0.4, 0.5) is 17.6 Å². The molecule has 0 unspecified atom stereocenters. The molecule has 2 aliphatic heterocycles. The second-order valence-corrected chi connectivity index (χ2v) is 9.90. The molecule has 0 amide bonds. The zero-order valence-corrected chi connectivity index (χ0v) is 22.7. The van der Waals surface area contributed by atoms with Crippen molar-refractivity contribution in [2.24, 2.45) is 5.92 Å². The molecule has 13 nitrogen and oxygen atoms in total. The summed E-state index contributed by atoms with van der Waals surface area (Å²) in [6, 6.07) is 11.2. The Kier molecular flexibility index (Phi) is 8.21. The smallest absolute Gasteiger partial charge is 0.341 e. The number of carbonyl (C=O) groups is 1. The van der Waals surface area contributed by atoms with Crippen LogP contribution >= 0.6 is 12.4 Å². The topological polar surface area (TPSA) is 151 Å². The molecular formula is C26H32ClN9O4. The third kappa shape index (κ3) is 5.89. The summed E-state index contributed by atoms with van der Waals surface area (Å²) in [6.45, 7) is 5.92. The van der Waals surface area contributed by atoms with E-state index < -0.39 is 5.97 Å². The first-order valence-corrected chi connectivity index (χ1v) is 13.1. The van der Waals surface area contributed by atoms with Crippen LogP contribution in [0.15, 0.2) is 47.1 Å². The molecule has 0 spiro atoms. The molecule has 0 saturated carbocycles. The van der Waals surface area contributed by atoms with E-state index in [1.165, 1.54) is 4.52 Å². The van der Waals surface area contributed by atoms with Crippen molar-refractivity contribution in [2.75, 3.05) is 68.0 Å². The van der Waals surface area contributed by atoms with E-state index >= 15 is 0 Å². The summed E-state index contributed by atoms with van der Waals surface area (Å²) in [5.41, 5.74) is 7.16. The van der Waals surface area contributed by atoms with Gasteiger partial charge in [-0.25, -0.2) is 4.79 Å². The lowest BCUT2D eigenvalue weighted by Crippen LogP contribution is -2.50. The van der Waals surface area contributed by atoms with E-state index in [-0.39, 0.29) is 25.0 Å². The van der Waals surface area contributed by atoms with Crippen molar-refractivity contribution in [3.63, 3.8) is 0 Å². The van der Waals surface area contributed by atoms with E-state index in [1.54, 1.807) is 18.4 Å². The van der Waals surface area contributed by atoms with Crippen LogP contribution in [0.3, 0.4) is 0 Å². The Morgan fingerprint density at radius 1 is 1.05 bits per heavy atom. The maximum absolute atomic E-state index is 11.0. The van der Waals surface area contributed by atoms with Crippen LogP contribution in [0.1, 0.15) is 12.8 Å². The number of rotatable bonds is 8. The maximum Gasteiger partial charge on any atom is 0.341 e. The number of nitrogens with two attached hydrogens (primary N) is 1. The number of hydrogen-bond donors (Lipinski definition) is 2. The molecule has 5 heterocycles. The lowest BCUT2D eigenvalue weighted by Gasteiger charge is -2.40. The van der Waals surface area contributed by atoms with Crippen LogP contribution in [0.5, 0.6) is 5.75 Å². The first-order valence-electron chi connectivity index (χ1n) is 13.1. The Balaban J connectivity index is 0.00000323. The second kappa shape index (κ2) is 12.0. The summed E-state index contributed by atoms with van der Waals surface area (Å²) >= 11 is 0. The molecule has 4 aromatic rings. The number of para-hydroxylation sites is 2. The van der Waals surface area contributed by atoms with Gasteiger partial charge in [0.1, 0.15) is 5.75 Å². The fourth-order valence-corrected chi connectivity index (χ4v) is 5.36. The highest BCUT2D eigenvalue weighted by molar-refractivity contribution is 5.85. The number of anilines is 3. The second-order valence-electron chi connectivity index (χ2n) is 9.90. The van der Waals surface area contributed by atoms with Gasteiger partial charge in [0, 0.05) is 45.8 Å². The lowest BCUT2D eigenvalue weighted by atomic mass is 9.97. The molecule has 1 aromatic carbocycles. The summed E-state index contributed by atoms with van der Waals surface area (Å²) in [5, 5.41) is 13.4. The molecule has 2 saturated heterocycles. The standard InChI is InChI=1S/C26H31N9O4.ClH/c27-24-29-25(30-26-28-23(31-35(24)26)21-8-4-14-38-21)34-9-3-5-18(16-34)15-32-10-12-33(13-11-32)19-6-1-2-7-20(19)39-17-22(36)37;/h1-2,4,6-8,14,18H,3,5,9-13,15-17H2,(H,36,37)(H2,27,28,29,30,31);1H/t18-;/m0./s1. The first-order chi connectivity index (χ1) is 19.0. The van der Waals surface area contributed by atoms with E-state index in [2.05, 4.69) is 34.8 Å². The third-order valence-corrected chi connectivity index (χ3v) is 7.21. The Labute approximate surface area is 237 Å². The number of ether oxygens (including phenoxy) is 1. The molecule has 2 fully saturated rings. The monoisotopic (exact) mass is 569 g/mol. The number of benzene rings is 1. The van der Waals surface area contributed by atoms with Gasteiger partial charge in [-0.1, -0.05) is 12.1 Å². The minimum atomic E-state index is -0.982. The number of aliphatic carboxylic acids is 1. The number of fused-ring (bicyclic) bond motifs is 1. The van der Waals surface area contributed by atoms with Gasteiger partial charge in [0.05, 0.1) is 12.0 Å². The predicted octanol–water partition coefficient (Wildman–Crippen LogP) is 2.29. The van der Waals surface area contributed by atoms with Crippen LogP contribution in [0.2, 0.25) is 0 Å². The van der Waals surface area contributed by atoms with Crippen molar-refractivity contribution in [3.8, 4) is 17.3 Å². The van der Waals surface area contributed by atoms with Crippen molar-refractivity contribution < 1.29 is 19.1 Å². The predicted molar refractivity (Wildman–Crippen MR) is 151 cm³/mol.